The van der Waals surface area contributed by atoms with Gasteiger partial charge in [0.25, 0.3) is 5.91 Å². The average Bonchev–Trinajstić information content (AvgIpc) is 3.12. The number of aryl methyl sites for hydroxylation is 1. The molecule has 0 aliphatic rings. The van der Waals surface area contributed by atoms with Crippen LogP contribution in [0.25, 0.3) is 5.82 Å². The Bertz CT molecular complexity index is 885. The Labute approximate surface area is 158 Å². The lowest BCUT2D eigenvalue weighted by molar-refractivity contribution is 0.0955. The molecule has 0 atom stereocenters. The summed E-state index contributed by atoms with van der Waals surface area (Å²) >= 11 is 0. The van der Waals surface area contributed by atoms with Crippen LogP contribution in [0, 0.1) is 6.92 Å². The minimum absolute atomic E-state index is 0.0995. The van der Waals surface area contributed by atoms with E-state index in [4.69, 9.17) is 0 Å². The molecule has 0 bridgehead atoms. The fourth-order valence-electron chi connectivity index (χ4n) is 2.46. The zero-order chi connectivity index (χ0) is 19.2. The standard InChI is InChI=1S/C19H23N7O/c1-14-10-13-26(24-14)18-9-8-17(22-23-18)20-11-12-21-19(27)15-4-6-16(7-5-15)25(2)3/h4-10,13H,11-12H2,1-3H3,(H,20,22)(H,21,27). The second kappa shape index (κ2) is 8.31. The van der Waals surface area contributed by atoms with E-state index < -0.39 is 0 Å². The highest BCUT2D eigenvalue weighted by molar-refractivity contribution is 5.94. The van der Waals surface area contributed by atoms with Crippen LogP contribution in [0.5, 0.6) is 0 Å². The minimum Gasteiger partial charge on any atom is -0.378 e. The molecule has 0 unspecified atom stereocenters. The van der Waals surface area contributed by atoms with Crippen molar-refractivity contribution in [3.8, 4) is 5.82 Å². The van der Waals surface area contributed by atoms with Crippen LogP contribution in [-0.2, 0) is 0 Å². The lowest BCUT2D eigenvalue weighted by Gasteiger charge is -2.12. The lowest BCUT2D eigenvalue weighted by Crippen LogP contribution is -2.29. The molecular weight excluding hydrogens is 342 g/mol. The third kappa shape index (κ3) is 4.81. The van der Waals surface area contributed by atoms with Crippen LogP contribution < -0.4 is 15.5 Å². The third-order valence-electron chi connectivity index (χ3n) is 3.97. The van der Waals surface area contributed by atoms with Crippen LogP contribution in [0.2, 0.25) is 0 Å². The molecule has 0 spiro atoms. The first-order valence-electron chi connectivity index (χ1n) is 8.69. The van der Waals surface area contributed by atoms with Crippen molar-refractivity contribution in [1.82, 2.24) is 25.3 Å². The van der Waals surface area contributed by atoms with Gasteiger partial charge in [0.2, 0.25) is 0 Å². The van der Waals surface area contributed by atoms with Gasteiger partial charge in [-0.2, -0.15) is 5.10 Å². The fraction of sp³-hybridized carbons (Fsp3) is 0.263. The van der Waals surface area contributed by atoms with Crippen LogP contribution in [0.1, 0.15) is 16.1 Å². The second-order valence-electron chi connectivity index (χ2n) is 6.30. The number of benzene rings is 1. The first kappa shape index (κ1) is 18.4. The predicted molar refractivity (Wildman–Crippen MR) is 105 cm³/mol. The molecule has 0 aliphatic carbocycles. The summed E-state index contributed by atoms with van der Waals surface area (Å²) in [4.78, 5) is 14.1. The highest BCUT2D eigenvalue weighted by Crippen LogP contribution is 2.12. The molecule has 140 valence electrons. The van der Waals surface area contributed by atoms with E-state index in [2.05, 4.69) is 25.9 Å². The first-order chi connectivity index (χ1) is 13.0. The number of nitrogens with zero attached hydrogens (tertiary/aromatic N) is 5. The molecule has 8 nitrogen and oxygen atoms in total. The average molecular weight is 365 g/mol. The van der Waals surface area contributed by atoms with E-state index in [1.807, 2.05) is 74.6 Å². The van der Waals surface area contributed by atoms with Crippen molar-refractivity contribution < 1.29 is 4.79 Å². The minimum atomic E-state index is -0.0995. The Balaban J connectivity index is 1.45. The SMILES string of the molecule is Cc1ccn(-c2ccc(NCCNC(=O)c3ccc(N(C)C)cc3)nn2)n1. The van der Waals surface area contributed by atoms with E-state index in [0.717, 1.165) is 11.4 Å². The van der Waals surface area contributed by atoms with Crippen molar-refractivity contribution in [3.05, 3.63) is 59.9 Å². The van der Waals surface area contributed by atoms with Gasteiger partial charge in [0.15, 0.2) is 5.82 Å². The lowest BCUT2D eigenvalue weighted by atomic mass is 10.2. The number of carbonyl (C=O) groups is 1. The maximum atomic E-state index is 12.2. The summed E-state index contributed by atoms with van der Waals surface area (Å²) in [5.74, 6) is 1.20. The fourth-order valence-corrected chi connectivity index (χ4v) is 2.46. The highest BCUT2D eigenvalue weighted by atomic mass is 16.1. The van der Waals surface area contributed by atoms with Crippen LogP contribution >= 0.6 is 0 Å². The molecule has 0 radical (unpaired) electrons. The van der Waals surface area contributed by atoms with Gasteiger partial charge in [0, 0.05) is 44.6 Å². The van der Waals surface area contributed by atoms with Crippen molar-refractivity contribution in [1.29, 1.82) is 0 Å². The molecule has 1 amide bonds. The van der Waals surface area contributed by atoms with E-state index in [0.29, 0.717) is 30.3 Å². The number of hydrogen-bond acceptors (Lipinski definition) is 6. The summed E-state index contributed by atoms with van der Waals surface area (Å²) in [7, 11) is 3.93. The van der Waals surface area contributed by atoms with Crippen LogP contribution in [0.3, 0.4) is 0 Å². The van der Waals surface area contributed by atoms with Crippen molar-refractivity contribution in [2.24, 2.45) is 0 Å². The Morgan fingerprint density at radius 2 is 1.81 bits per heavy atom. The zero-order valence-corrected chi connectivity index (χ0v) is 15.7. The number of anilines is 2. The topological polar surface area (TPSA) is 88.0 Å². The smallest absolute Gasteiger partial charge is 0.251 e. The van der Waals surface area contributed by atoms with Gasteiger partial charge in [-0.05, 0) is 49.4 Å². The molecule has 2 aromatic heterocycles. The van der Waals surface area contributed by atoms with Crippen molar-refractivity contribution in [3.63, 3.8) is 0 Å². The first-order valence-corrected chi connectivity index (χ1v) is 8.69. The normalized spacial score (nSPS) is 10.5. The number of rotatable bonds is 7. The highest BCUT2D eigenvalue weighted by Gasteiger charge is 2.06. The maximum Gasteiger partial charge on any atom is 0.251 e. The summed E-state index contributed by atoms with van der Waals surface area (Å²) in [5.41, 5.74) is 2.62. The van der Waals surface area contributed by atoms with E-state index in [9.17, 15) is 4.79 Å². The third-order valence-corrected chi connectivity index (χ3v) is 3.97. The molecule has 0 saturated carbocycles. The molecule has 8 heteroatoms. The van der Waals surface area contributed by atoms with Gasteiger partial charge in [-0.3, -0.25) is 4.79 Å². The molecule has 27 heavy (non-hydrogen) atoms. The van der Waals surface area contributed by atoms with E-state index >= 15 is 0 Å². The summed E-state index contributed by atoms with van der Waals surface area (Å²) in [6, 6.07) is 13.1. The van der Waals surface area contributed by atoms with Crippen molar-refractivity contribution >= 4 is 17.4 Å². The van der Waals surface area contributed by atoms with Crippen LogP contribution in [0.4, 0.5) is 11.5 Å². The molecule has 2 heterocycles. The molecule has 0 aliphatic heterocycles. The van der Waals surface area contributed by atoms with Gasteiger partial charge >= 0.3 is 0 Å². The summed E-state index contributed by atoms with van der Waals surface area (Å²) in [6.45, 7) is 2.96. The molecule has 0 fully saturated rings. The largest absolute Gasteiger partial charge is 0.378 e. The van der Waals surface area contributed by atoms with Gasteiger partial charge in [-0.25, -0.2) is 4.68 Å². The van der Waals surface area contributed by atoms with E-state index in [1.54, 1.807) is 4.68 Å². The second-order valence-corrected chi connectivity index (χ2v) is 6.30. The van der Waals surface area contributed by atoms with Crippen molar-refractivity contribution in [2.75, 3.05) is 37.4 Å². The Kier molecular flexibility index (Phi) is 5.65. The van der Waals surface area contributed by atoms with Gasteiger partial charge < -0.3 is 15.5 Å². The van der Waals surface area contributed by atoms with Crippen LogP contribution in [-0.4, -0.2) is 53.1 Å². The zero-order valence-electron chi connectivity index (χ0n) is 15.7. The molecule has 1 aromatic carbocycles. The van der Waals surface area contributed by atoms with Crippen LogP contribution in [0.15, 0.2) is 48.7 Å². The van der Waals surface area contributed by atoms with Crippen molar-refractivity contribution in [2.45, 2.75) is 6.92 Å². The molecular formula is C19H23N7O. The number of aromatic nitrogens is 4. The molecule has 0 saturated heterocycles. The van der Waals surface area contributed by atoms with E-state index in [1.165, 1.54) is 0 Å². The van der Waals surface area contributed by atoms with Gasteiger partial charge in [-0.15, -0.1) is 10.2 Å². The number of nitrogens with one attached hydrogen (secondary N) is 2. The summed E-state index contributed by atoms with van der Waals surface area (Å²) < 4.78 is 1.67. The Morgan fingerprint density at radius 1 is 1.04 bits per heavy atom. The monoisotopic (exact) mass is 365 g/mol. The predicted octanol–water partition coefficient (Wildman–Crippen LogP) is 1.88. The number of carbonyl (C=O) groups excluding carboxylic acids is 1. The number of amides is 1. The van der Waals surface area contributed by atoms with Gasteiger partial charge in [0.05, 0.1) is 5.69 Å². The molecule has 3 rings (SSSR count). The number of hydrogen-bond donors (Lipinski definition) is 2. The van der Waals surface area contributed by atoms with Gasteiger partial charge in [0.1, 0.15) is 5.82 Å². The molecule has 3 aromatic rings. The summed E-state index contributed by atoms with van der Waals surface area (Å²) in [6.07, 6.45) is 1.84. The van der Waals surface area contributed by atoms with Gasteiger partial charge in [-0.1, -0.05) is 0 Å². The Morgan fingerprint density at radius 3 is 2.41 bits per heavy atom. The van der Waals surface area contributed by atoms with E-state index in [-0.39, 0.29) is 5.91 Å². The maximum absolute atomic E-state index is 12.2. The molecule has 2 N–H and O–H groups in total. The quantitative estimate of drug-likeness (QED) is 0.622. The Hall–Kier alpha value is -3.42. The summed E-state index contributed by atoms with van der Waals surface area (Å²) in [5, 5.41) is 18.6.